The summed E-state index contributed by atoms with van der Waals surface area (Å²) in [7, 11) is 0. The van der Waals surface area contributed by atoms with Crippen molar-refractivity contribution in [2.24, 2.45) is 0 Å². The first kappa shape index (κ1) is 15.6. The summed E-state index contributed by atoms with van der Waals surface area (Å²) in [5, 5.41) is 4.51. The number of imidazole rings is 1. The summed E-state index contributed by atoms with van der Waals surface area (Å²) in [5.41, 5.74) is 2.58. The number of benzene rings is 1. The van der Waals surface area contributed by atoms with Gasteiger partial charge in [0.05, 0.1) is 19.0 Å². The summed E-state index contributed by atoms with van der Waals surface area (Å²) in [6, 6.07) is 3.75. The van der Waals surface area contributed by atoms with Crippen molar-refractivity contribution in [3.63, 3.8) is 0 Å². The number of aryl methyl sites for hydroxylation is 2. The zero-order valence-electron chi connectivity index (χ0n) is 12.9. The molecule has 1 amide bonds. The molecule has 3 rings (SSSR count). The fourth-order valence-corrected chi connectivity index (χ4v) is 2.65. The maximum atomic E-state index is 12.1. The predicted octanol–water partition coefficient (Wildman–Crippen LogP) is 3.34. The molecule has 120 valence electrons. The van der Waals surface area contributed by atoms with Gasteiger partial charge in [-0.1, -0.05) is 11.6 Å². The number of aromatic nitrogens is 2. The fourth-order valence-electron chi connectivity index (χ4n) is 2.48. The molecule has 5 nitrogen and oxygen atoms in total. The lowest BCUT2D eigenvalue weighted by molar-refractivity contribution is -0.120. The molecule has 6 heteroatoms. The highest BCUT2D eigenvalue weighted by Gasteiger charge is 2.11. The third kappa shape index (κ3) is 3.74. The Bertz CT molecular complexity index is 809. The highest BCUT2D eigenvalue weighted by molar-refractivity contribution is 6.32. The Morgan fingerprint density at radius 3 is 3.09 bits per heavy atom. The SMILES string of the molecule is Cc1cc2occ(CC(=O)NCCCn3ccnc3)c2cc1Cl. The maximum absolute atomic E-state index is 12.1. The highest BCUT2D eigenvalue weighted by atomic mass is 35.5. The van der Waals surface area contributed by atoms with Crippen LogP contribution in [0.1, 0.15) is 17.5 Å². The lowest BCUT2D eigenvalue weighted by atomic mass is 10.1. The second-order valence-electron chi connectivity index (χ2n) is 5.54. The maximum Gasteiger partial charge on any atom is 0.224 e. The van der Waals surface area contributed by atoms with Crippen LogP contribution >= 0.6 is 11.6 Å². The van der Waals surface area contributed by atoms with Crippen LogP contribution in [0, 0.1) is 6.92 Å². The number of nitrogens with zero attached hydrogens (tertiary/aromatic N) is 2. The number of hydrogen-bond acceptors (Lipinski definition) is 3. The Kier molecular flexibility index (Phi) is 4.67. The van der Waals surface area contributed by atoms with Gasteiger partial charge in [-0.05, 0) is 31.0 Å². The summed E-state index contributed by atoms with van der Waals surface area (Å²) >= 11 is 6.15. The van der Waals surface area contributed by atoms with Crippen LogP contribution in [0.5, 0.6) is 0 Å². The molecule has 0 unspecified atom stereocenters. The molecule has 0 saturated heterocycles. The molecule has 0 aliphatic carbocycles. The van der Waals surface area contributed by atoms with Crippen LogP contribution in [-0.2, 0) is 17.8 Å². The molecule has 0 saturated carbocycles. The van der Waals surface area contributed by atoms with Crippen molar-refractivity contribution in [1.82, 2.24) is 14.9 Å². The first-order valence-electron chi connectivity index (χ1n) is 7.52. The Hall–Kier alpha value is -2.27. The predicted molar refractivity (Wildman–Crippen MR) is 89.5 cm³/mol. The number of carbonyl (C=O) groups is 1. The van der Waals surface area contributed by atoms with Crippen LogP contribution in [0.15, 0.2) is 41.5 Å². The van der Waals surface area contributed by atoms with Crippen molar-refractivity contribution in [2.75, 3.05) is 6.54 Å². The summed E-state index contributed by atoms with van der Waals surface area (Å²) < 4.78 is 7.50. The standard InChI is InChI=1S/C17H18ClN3O2/c1-12-7-16-14(9-15(12)18)13(10-23-16)8-17(22)20-3-2-5-21-6-4-19-11-21/h4,6-7,9-11H,2-3,5,8H2,1H3,(H,20,22). The van der Waals surface area contributed by atoms with Crippen LogP contribution in [0.25, 0.3) is 11.0 Å². The van der Waals surface area contributed by atoms with E-state index in [2.05, 4.69) is 10.3 Å². The molecule has 23 heavy (non-hydrogen) atoms. The largest absolute Gasteiger partial charge is 0.464 e. The van der Waals surface area contributed by atoms with E-state index in [9.17, 15) is 4.79 Å². The van der Waals surface area contributed by atoms with E-state index in [-0.39, 0.29) is 12.3 Å². The molecule has 0 atom stereocenters. The van der Waals surface area contributed by atoms with Gasteiger partial charge in [0.15, 0.2) is 0 Å². The van der Waals surface area contributed by atoms with E-state index in [1.54, 1.807) is 18.8 Å². The molecule has 0 spiro atoms. The second-order valence-corrected chi connectivity index (χ2v) is 5.95. The van der Waals surface area contributed by atoms with Crippen molar-refractivity contribution in [3.8, 4) is 0 Å². The van der Waals surface area contributed by atoms with Crippen molar-refractivity contribution in [2.45, 2.75) is 26.3 Å². The van der Waals surface area contributed by atoms with Crippen LogP contribution < -0.4 is 5.32 Å². The number of nitrogens with one attached hydrogen (secondary N) is 1. The first-order chi connectivity index (χ1) is 11.1. The minimum atomic E-state index is -0.0185. The number of carbonyl (C=O) groups excluding carboxylic acids is 1. The average molecular weight is 332 g/mol. The highest BCUT2D eigenvalue weighted by Crippen LogP contribution is 2.27. The van der Waals surface area contributed by atoms with E-state index < -0.39 is 0 Å². The molecule has 0 aliphatic heterocycles. The molecular formula is C17H18ClN3O2. The zero-order chi connectivity index (χ0) is 16.2. The normalized spacial score (nSPS) is 11.0. The van der Waals surface area contributed by atoms with E-state index in [0.717, 1.165) is 35.1 Å². The molecule has 1 aromatic carbocycles. The Balaban J connectivity index is 1.54. The molecule has 1 N–H and O–H groups in total. The molecular weight excluding hydrogens is 314 g/mol. The third-order valence-electron chi connectivity index (χ3n) is 3.76. The van der Waals surface area contributed by atoms with Gasteiger partial charge in [0.25, 0.3) is 0 Å². The van der Waals surface area contributed by atoms with Crippen LogP contribution in [0.4, 0.5) is 0 Å². The van der Waals surface area contributed by atoms with E-state index in [1.807, 2.05) is 29.8 Å². The summed E-state index contributed by atoms with van der Waals surface area (Å²) in [6.07, 6.45) is 8.20. The van der Waals surface area contributed by atoms with Crippen molar-refractivity contribution in [3.05, 3.63) is 53.3 Å². The minimum absolute atomic E-state index is 0.0185. The van der Waals surface area contributed by atoms with Gasteiger partial charge >= 0.3 is 0 Å². The van der Waals surface area contributed by atoms with Gasteiger partial charge in [0.1, 0.15) is 5.58 Å². The summed E-state index contributed by atoms with van der Waals surface area (Å²) in [4.78, 5) is 16.0. The van der Waals surface area contributed by atoms with Crippen LogP contribution in [0.3, 0.4) is 0 Å². The summed E-state index contributed by atoms with van der Waals surface area (Å²) in [6.45, 7) is 3.40. The lowest BCUT2D eigenvalue weighted by Gasteiger charge is -2.05. The van der Waals surface area contributed by atoms with Gasteiger partial charge in [-0.3, -0.25) is 4.79 Å². The van der Waals surface area contributed by atoms with Crippen molar-refractivity contribution in [1.29, 1.82) is 0 Å². The second kappa shape index (κ2) is 6.87. The average Bonchev–Trinajstić information content (AvgIpc) is 3.16. The Labute approximate surface area is 139 Å². The number of halogens is 1. The molecule has 3 aromatic rings. The van der Waals surface area contributed by atoms with E-state index in [0.29, 0.717) is 11.6 Å². The van der Waals surface area contributed by atoms with Crippen LogP contribution in [0.2, 0.25) is 5.02 Å². The zero-order valence-corrected chi connectivity index (χ0v) is 13.6. The number of rotatable bonds is 6. The van der Waals surface area contributed by atoms with Gasteiger partial charge in [0, 0.05) is 41.5 Å². The van der Waals surface area contributed by atoms with Crippen molar-refractivity contribution >= 4 is 28.5 Å². The Morgan fingerprint density at radius 2 is 2.30 bits per heavy atom. The number of amides is 1. The lowest BCUT2D eigenvalue weighted by Crippen LogP contribution is -2.26. The Morgan fingerprint density at radius 1 is 1.43 bits per heavy atom. The molecule has 0 bridgehead atoms. The number of furan rings is 1. The smallest absolute Gasteiger partial charge is 0.224 e. The van der Waals surface area contributed by atoms with Gasteiger partial charge in [0.2, 0.25) is 5.91 Å². The fraction of sp³-hybridized carbons (Fsp3) is 0.294. The van der Waals surface area contributed by atoms with Gasteiger partial charge in [-0.15, -0.1) is 0 Å². The van der Waals surface area contributed by atoms with Gasteiger partial charge in [-0.25, -0.2) is 4.98 Å². The minimum Gasteiger partial charge on any atom is -0.464 e. The molecule has 0 fully saturated rings. The summed E-state index contributed by atoms with van der Waals surface area (Å²) in [5.74, 6) is -0.0185. The van der Waals surface area contributed by atoms with Gasteiger partial charge < -0.3 is 14.3 Å². The molecule has 2 heterocycles. The van der Waals surface area contributed by atoms with E-state index in [4.69, 9.17) is 16.0 Å². The van der Waals surface area contributed by atoms with E-state index >= 15 is 0 Å². The van der Waals surface area contributed by atoms with Crippen LogP contribution in [-0.4, -0.2) is 22.0 Å². The first-order valence-corrected chi connectivity index (χ1v) is 7.90. The molecule has 0 aliphatic rings. The van der Waals surface area contributed by atoms with E-state index in [1.165, 1.54) is 0 Å². The quantitative estimate of drug-likeness (QED) is 0.705. The molecule has 2 aromatic heterocycles. The van der Waals surface area contributed by atoms with Crippen molar-refractivity contribution < 1.29 is 9.21 Å². The topological polar surface area (TPSA) is 60.1 Å². The third-order valence-corrected chi connectivity index (χ3v) is 4.17. The molecule has 0 radical (unpaired) electrons. The number of fused-ring (bicyclic) bond motifs is 1. The van der Waals surface area contributed by atoms with Gasteiger partial charge in [-0.2, -0.15) is 0 Å². The number of hydrogen-bond donors (Lipinski definition) is 1. The monoisotopic (exact) mass is 331 g/mol.